The Morgan fingerprint density at radius 2 is 1.66 bits per heavy atom. The number of carbonyl (C=O) groups excluding carboxylic acids is 1. The number of para-hydroxylation sites is 2. The number of sulfonamides is 1. The van der Waals surface area contributed by atoms with Crippen LogP contribution in [0.15, 0.2) is 53.4 Å². The normalized spacial score (nSPS) is 11.3. The second-order valence-electron chi connectivity index (χ2n) is 6.00. The highest BCUT2D eigenvalue weighted by Crippen LogP contribution is 2.26. The lowest BCUT2D eigenvalue weighted by Crippen LogP contribution is -2.25. The molecule has 0 atom stereocenters. The van der Waals surface area contributed by atoms with Gasteiger partial charge in [-0.25, -0.2) is 8.42 Å². The third kappa shape index (κ3) is 6.45. The van der Waals surface area contributed by atoms with Crippen LogP contribution in [0.3, 0.4) is 0 Å². The van der Waals surface area contributed by atoms with E-state index in [1.165, 1.54) is 38.4 Å². The van der Waals surface area contributed by atoms with E-state index in [1.54, 1.807) is 0 Å². The fourth-order valence-corrected chi connectivity index (χ4v) is 3.41. The van der Waals surface area contributed by atoms with Crippen molar-refractivity contribution in [3.8, 4) is 11.5 Å². The van der Waals surface area contributed by atoms with Gasteiger partial charge in [-0.1, -0.05) is 16.6 Å². The van der Waals surface area contributed by atoms with Crippen LogP contribution in [-0.2, 0) is 19.7 Å². The number of hydrogen-bond acceptors (Lipinski definition) is 6. The summed E-state index contributed by atoms with van der Waals surface area (Å²) in [5.41, 5.74) is 0.511. The number of ether oxygens (including phenoxy) is 2. The number of benzene rings is 2. The third-order valence-corrected chi connectivity index (χ3v) is 5.68. The zero-order chi connectivity index (χ0) is 21.3. The maximum atomic E-state index is 12.1. The Morgan fingerprint density at radius 1 is 1.03 bits per heavy atom. The van der Waals surface area contributed by atoms with E-state index in [0.717, 1.165) is 4.47 Å². The van der Waals surface area contributed by atoms with E-state index in [0.29, 0.717) is 36.8 Å². The highest BCUT2D eigenvalue weighted by atomic mass is 32.2. The quantitative estimate of drug-likeness (QED) is 0.442. The van der Waals surface area contributed by atoms with Gasteiger partial charge in [0.15, 0.2) is 11.5 Å². The lowest BCUT2D eigenvalue weighted by atomic mass is 10.2. The first-order valence-electron chi connectivity index (χ1n) is 9.16. The van der Waals surface area contributed by atoms with Gasteiger partial charge in [0.1, 0.15) is 0 Å². The molecule has 1 N–H and O–H groups in total. The molecular weight excluding hydrogens is 396 g/mol. The topological polar surface area (TPSA) is 94.2 Å². The van der Waals surface area contributed by atoms with Crippen LogP contribution in [0, 0.1) is 0 Å². The second kappa shape index (κ2) is 10.8. The van der Waals surface area contributed by atoms with E-state index < -0.39 is 10.0 Å². The average molecular weight is 423 g/mol. The molecule has 0 spiro atoms. The van der Waals surface area contributed by atoms with Gasteiger partial charge < -0.3 is 14.8 Å². The molecule has 158 valence electrons. The van der Waals surface area contributed by atoms with Crippen molar-refractivity contribution < 1.29 is 27.5 Å². The summed E-state index contributed by atoms with van der Waals surface area (Å²) in [6.45, 7) is 2.82. The number of hydroxylamine groups is 1. The first kappa shape index (κ1) is 22.7. The van der Waals surface area contributed by atoms with Gasteiger partial charge in [-0.15, -0.1) is 0 Å². The molecule has 9 heteroatoms. The molecular formula is C20H26N2O6S. The van der Waals surface area contributed by atoms with Gasteiger partial charge in [0.2, 0.25) is 5.91 Å². The fourth-order valence-electron chi connectivity index (χ4n) is 2.44. The number of hydrogen-bond donors (Lipinski definition) is 1. The molecule has 1 amide bonds. The molecule has 2 aromatic carbocycles. The van der Waals surface area contributed by atoms with E-state index in [2.05, 4.69) is 5.32 Å². The van der Waals surface area contributed by atoms with Gasteiger partial charge in [-0.05, 0) is 49.7 Å². The van der Waals surface area contributed by atoms with Crippen molar-refractivity contribution in [2.24, 2.45) is 0 Å². The summed E-state index contributed by atoms with van der Waals surface area (Å²) >= 11 is 0. The standard InChI is InChI=1S/C20H26N2O6S/c1-4-27-18-8-5-6-9-19(18)28-15-7-10-20(23)21-16-11-13-17(14-12-16)29(24,25)22(2)26-3/h5-6,8-9,11-14H,4,7,10,15H2,1-3H3,(H,21,23). The summed E-state index contributed by atoms with van der Waals surface area (Å²) in [5.74, 6) is 1.14. The van der Waals surface area contributed by atoms with Crippen molar-refractivity contribution in [2.45, 2.75) is 24.7 Å². The van der Waals surface area contributed by atoms with E-state index in [-0.39, 0.29) is 17.2 Å². The smallest absolute Gasteiger partial charge is 0.264 e. The Hall–Kier alpha value is -2.62. The minimum absolute atomic E-state index is 0.0706. The van der Waals surface area contributed by atoms with Crippen LogP contribution in [0.1, 0.15) is 19.8 Å². The number of amides is 1. The van der Waals surface area contributed by atoms with Crippen LogP contribution in [0.25, 0.3) is 0 Å². The Labute approximate surface area is 171 Å². The lowest BCUT2D eigenvalue weighted by molar-refractivity contribution is -0.116. The highest BCUT2D eigenvalue weighted by Gasteiger charge is 2.20. The Morgan fingerprint density at radius 3 is 2.24 bits per heavy atom. The van der Waals surface area contributed by atoms with Crippen molar-refractivity contribution in [3.63, 3.8) is 0 Å². The first-order chi connectivity index (χ1) is 13.9. The predicted octanol–water partition coefficient (Wildman–Crippen LogP) is 3.06. The maximum absolute atomic E-state index is 12.1. The van der Waals surface area contributed by atoms with Crippen molar-refractivity contribution in [3.05, 3.63) is 48.5 Å². The molecule has 0 radical (unpaired) electrons. The summed E-state index contributed by atoms with van der Waals surface area (Å²) in [4.78, 5) is 16.9. The molecule has 0 unspecified atom stereocenters. The molecule has 0 aromatic heterocycles. The van der Waals surface area contributed by atoms with E-state index >= 15 is 0 Å². The molecule has 0 heterocycles. The Balaban J connectivity index is 1.81. The molecule has 29 heavy (non-hydrogen) atoms. The minimum atomic E-state index is -3.71. The van der Waals surface area contributed by atoms with Crippen LogP contribution in [0.2, 0.25) is 0 Å². The van der Waals surface area contributed by atoms with Gasteiger partial charge in [0, 0.05) is 19.2 Å². The van der Waals surface area contributed by atoms with E-state index in [1.807, 2.05) is 31.2 Å². The SMILES string of the molecule is CCOc1ccccc1OCCCC(=O)Nc1ccc(S(=O)(=O)N(C)OC)cc1. The monoisotopic (exact) mass is 422 g/mol. The Bertz CT molecular complexity index is 899. The molecule has 0 aliphatic heterocycles. The summed E-state index contributed by atoms with van der Waals surface area (Å²) in [6, 6.07) is 13.3. The second-order valence-corrected chi connectivity index (χ2v) is 7.94. The zero-order valence-corrected chi connectivity index (χ0v) is 17.6. The average Bonchev–Trinajstić information content (AvgIpc) is 2.72. The van der Waals surface area contributed by atoms with Gasteiger partial charge in [-0.2, -0.15) is 0 Å². The Kier molecular flexibility index (Phi) is 8.44. The highest BCUT2D eigenvalue weighted by molar-refractivity contribution is 7.89. The largest absolute Gasteiger partial charge is 0.490 e. The van der Waals surface area contributed by atoms with Crippen LogP contribution in [-0.4, -0.2) is 46.2 Å². The van der Waals surface area contributed by atoms with Crippen molar-refractivity contribution >= 4 is 21.6 Å². The molecule has 0 saturated heterocycles. The van der Waals surface area contributed by atoms with Crippen LogP contribution in [0.4, 0.5) is 5.69 Å². The van der Waals surface area contributed by atoms with Crippen LogP contribution in [0.5, 0.6) is 11.5 Å². The third-order valence-electron chi connectivity index (χ3n) is 3.99. The lowest BCUT2D eigenvalue weighted by Gasteiger charge is -2.14. The maximum Gasteiger partial charge on any atom is 0.264 e. The van der Waals surface area contributed by atoms with Crippen LogP contribution >= 0.6 is 0 Å². The number of carbonyl (C=O) groups is 1. The van der Waals surface area contributed by atoms with E-state index in [9.17, 15) is 13.2 Å². The van der Waals surface area contributed by atoms with Gasteiger partial charge in [-0.3, -0.25) is 9.63 Å². The fraction of sp³-hybridized carbons (Fsp3) is 0.350. The van der Waals surface area contributed by atoms with Gasteiger partial charge in [0.25, 0.3) is 10.0 Å². The number of nitrogens with one attached hydrogen (secondary N) is 1. The van der Waals surface area contributed by atoms with Crippen molar-refractivity contribution in [1.82, 2.24) is 4.47 Å². The number of rotatable bonds is 11. The summed E-state index contributed by atoms with van der Waals surface area (Å²) in [7, 11) is -1.14. The molecule has 2 rings (SSSR count). The summed E-state index contributed by atoms with van der Waals surface area (Å²) in [5, 5.41) is 2.74. The van der Waals surface area contributed by atoms with Crippen molar-refractivity contribution in [1.29, 1.82) is 0 Å². The summed E-state index contributed by atoms with van der Waals surface area (Å²) in [6.07, 6.45) is 0.792. The molecule has 0 fully saturated rings. The van der Waals surface area contributed by atoms with Crippen molar-refractivity contribution in [2.75, 3.05) is 32.7 Å². The van der Waals surface area contributed by atoms with Crippen LogP contribution < -0.4 is 14.8 Å². The number of anilines is 1. The zero-order valence-electron chi connectivity index (χ0n) is 16.8. The first-order valence-corrected chi connectivity index (χ1v) is 10.6. The number of nitrogens with zero attached hydrogens (tertiary/aromatic N) is 1. The predicted molar refractivity (Wildman–Crippen MR) is 109 cm³/mol. The molecule has 0 aliphatic rings. The summed E-state index contributed by atoms with van der Waals surface area (Å²) < 4.78 is 36.2. The molecule has 0 bridgehead atoms. The molecule has 8 nitrogen and oxygen atoms in total. The minimum Gasteiger partial charge on any atom is -0.490 e. The van der Waals surface area contributed by atoms with Gasteiger partial charge >= 0.3 is 0 Å². The molecule has 2 aromatic rings. The van der Waals surface area contributed by atoms with E-state index in [4.69, 9.17) is 14.3 Å². The van der Waals surface area contributed by atoms with Gasteiger partial charge in [0.05, 0.1) is 25.2 Å². The molecule has 0 saturated carbocycles. The molecule has 0 aliphatic carbocycles.